The first-order valence-electron chi connectivity index (χ1n) is 5.88. The molecule has 2 rings (SSSR count). The molecule has 0 aromatic heterocycles. The van der Waals surface area contributed by atoms with E-state index >= 15 is 0 Å². The molecule has 1 aromatic rings. The van der Waals surface area contributed by atoms with Gasteiger partial charge in [-0.25, -0.2) is 0 Å². The van der Waals surface area contributed by atoms with Crippen LogP contribution in [-0.2, 0) is 0 Å². The second-order valence-corrected chi connectivity index (χ2v) is 4.32. The minimum atomic E-state index is -0.341. The van der Waals surface area contributed by atoms with Crippen LogP contribution in [0.2, 0.25) is 0 Å². The number of benzene rings is 1. The summed E-state index contributed by atoms with van der Waals surface area (Å²) in [7, 11) is 1.93. The lowest BCUT2D eigenvalue weighted by molar-refractivity contribution is -0.384. The third-order valence-electron chi connectivity index (χ3n) is 3.19. The van der Waals surface area contributed by atoms with E-state index in [0.29, 0.717) is 6.04 Å². The smallest absolute Gasteiger partial charge is 0.271 e. The topological polar surface area (TPSA) is 58.4 Å². The summed E-state index contributed by atoms with van der Waals surface area (Å²) in [4.78, 5) is 12.7. The number of anilines is 1. The molecule has 17 heavy (non-hydrogen) atoms. The van der Waals surface area contributed by atoms with Crippen LogP contribution >= 0.6 is 0 Å². The fourth-order valence-corrected chi connectivity index (χ4v) is 2.41. The summed E-state index contributed by atoms with van der Waals surface area (Å²) < 4.78 is 0. The van der Waals surface area contributed by atoms with Crippen LogP contribution in [0.25, 0.3) is 0 Å². The Kier molecular flexibility index (Phi) is 3.58. The van der Waals surface area contributed by atoms with Gasteiger partial charge in [0.05, 0.1) is 4.92 Å². The Morgan fingerprint density at radius 2 is 2.41 bits per heavy atom. The molecule has 5 nitrogen and oxygen atoms in total. The highest BCUT2D eigenvalue weighted by Gasteiger charge is 2.24. The Hall–Kier alpha value is -1.62. The van der Waals surface area contributed by atoms with E-state index in [9.17, 15) is 10.1 Å². The second-order valence-electron chi connectivity index (χ2n) is 4.32. The molecule has 0 radical (unpaired) electrons. The quantitative estimate of drug-likeness (QED) is 0.638. The molecule has 1 aliphatic heterocycles. The third-order valence-corrected chi connectivity index (χ3v) is 3.19. The van der Waals surface area contributed by atoms with Gasteiger partial charge in [-0.05, 0) is 26.0 Å². The zero-order valence-corrected chi connectivity index (χ0v) is 9.93. The van der Waals surface area contributed by atoms with Gasteiger partial charge in [-0.3, -0.25) is 10.1 Å². The van der Waals surface area contributed by atoms with Crippen LogP contribution in [0.1, 0.15) is 12.8 Å². The summed E-state index contributed by atoms with van der Waals surface area (Å²) in [6.07, 6.45) is 2.29. The van der Waals surface area contributed by atoms with Gasteiger partial charge in [-0.15, -0.1) is 0 Å². The lowest BCUT2D eigenvalue weighted by Gasteiger charge is -2.26. The van der Waals surface area contributed by atoms with Gasteiger partial charge in [-0.2, -0.15) is 0 Å². The molecule has 0 saturated carbocycles. The molecule has 1 unspecified atom stereocenters. The fraction of sp³-hybridized carbons (Fsp3) is 0.500. The van der Waals surface area contributed by atoms with E-state index in [4.69, 9.17) is 0 Å². The molecule has 0 bridgehead atoms. The Bertz CT molecular complexity index is 408. The van der Waals surface area contributed by atoms with Gasteiger partial charge in [0.15, 0.2) is 0 Å². The molecule has 5 heteroatoms. The Morgan fingerprint density at radius 1 is 1.59 bits per heavy atom. The number of likely N-dealkylation sites (N-methyl/N-ethyl adjacent to an activating group) is 1. The first-order chi connectivity index (χ1) is 8.22. The Balaban J connectivity index is 2.21. The van der Waals surface area contributed by atoms with Crippen molar-refractivity contribution >= 4 is 11.4 Å². The van der Waals surface area contributed by atoms with Crippen LogP contribution in [0.5, 0.6) is 0 Å². The monoisotopic (exact) mass is 235 g/mol. The second kappa shape index (κ2) is 5.14. The molecule has 1 N–H and O–H groups in total. The molecule has 1 aromatic carbocycles. The van der Waals surface area contributed by atoms with Gasteiger partial charge in [0.2, 0.25) is 0 Å². The highest BCUT2D eigenvalue weighted by molar-refractivity contribution is 5.54. The summed E-state index contributed by atoms with van der Waals surface area (Å²) in [5.41, 5.74) is 1.12. The summed E-state index contributed by atoms with van der Waals surface area (Å²) >= 11 is 0. The minimum absolute atomic E-state index is 0.164. The van der Waals surface area contributed by atoms with Crippen molar-refractivity contribution in [1.82, 2.24) is 5.32 Å². The van der Waals surface area contributed by atoms with Crippen molar-refractivity contribution in [3.8, 4) is 0 Å². The van der Waals surface area contributed by atoms with Crippen molar-refractivity contribution in [2.75, 3.05) is 25.0 Å². The van der Waals surface area contributed by atoms with Crippen LogP contribution < -0.4 is 10.2 Å². The van der Waals surface area contributed by atoms with Crippen LogP contribution in [0, 0.1) is 10.1 Å². The van der Waals surface area contributed by atoms with E-state index in [0.717, 1.165) is 31.6 Å². The van der Waals surface area contributed by atoms with Crippen LogP contribution in [0.15, 0.2) is 24.3 Å². The Labute approximate surface area is 101 Å². The van der Waals surface area contributed by atoms with Crippen molar-refractivity contribution in [2.24, 2.45) is 0 Å². The zero-order valence-electron chi connectivity index (χ0n) is 9.93. The standard InChI is InChI=1S/C12H17N3O2/c1-13-9-12-6-3-7-14(12)10-4-2-5-11(8-10)15(16)17/h2,4-5,8,12-13H,3,6-7,9H2,1H3. The van der Waals surface area contributed by atoms with Crippen molar-refractivity contribution in [3.63, 3.8) is 0 Å². The number of non-ortho nitro benzene ring substituents is 1. The van der Waals surface area contributed by atoms with Crippen LogP contribution in [0.3, 0.4) is 0 Å². The van der Waals surface area contributed by atoms with Crippen molar-refractivity contribution in [3.05, 3.63) is 34.4 Å². The zero-order chi connectivity index (χ0) is 12.3. The number of nitrogens with zero attached hydrogens (tertiary/aromatic N) is 2. The van der Waals surface area contributed by atoms with Gasteiger partial charge in [0, 0.05) is 37.0 Å². The van der Waals surface area contributed by atoms with E-state index in [1.165, 1.54) is 6.07 Å². The summed E-state index contributed by atoms with van der Waals surface area (Å²) in [5, 5.41) is 13.9. The van der Waals surface area contributed by atoms with Gasteiger partial charge in [-0.1, -0.05) is 6.07 Å². The predicted molar refractivity (Wildman–Crippen MR) is 67.4 cm³/mol. The molecule has 1 atom stereocenters. The summed E-state index contributed by atoms with van der Waals surface area (Å²) in [6.45, 7) is 1.90. The van der Waals surface area contributed by atoms with E-state index in [1.807, 2.05) is 13.1 Å². The molecule has 0 amide bonds. The molecule has 1 fully saturated rings. The SMILES string of the molecule is CNCC1CCCN1c1cccc([N+](=O)[O-])c1. The number of rotatable bonds is 4. The summed E-state index contributed by atoms with van der Waals surface area (Å²) in [6, 6.07) is 7.34. The molecular weight excluding hydrogens is 218 g/mol. The van der Waals surface area contributed by atoms with Gasteiger partial charge < -0.3 is 10.2 Å². The predicted octanol–water partition coefficient (Wildman–Crippen LogP) is 1.78. The lowest BCUT2D eigenvalue weighted by Crippen LogP contribution is -2.36. The average Bonchev–Trinajstić information content (AvgIpc) is 2.78. The van der Waals surface area contributed by atoms with Crippen molar-refractivity contribution < 1.29 is 4.92 Å². The van der Waals surface area contributed by atoms with E-state index < -0.39 is 0 Å². The highest BCUT2D eigenvalue weighted by atomic mass is 16.6. The van der Waals surface area contributed by atoms with Gasteiger partial charge in [0.1, 0.15) is 0 Å². The molecule has 0 aliphatic carbocycles. The normalized spacial score (nSPS) is 19.6. The van der Waals surface area contributed by atoms with E-state index in [2.05, 4.69) is 10.2 Å². The molecule has 1 saturated heterocycles. The maximum atomic E-state index is 10.7. The largest absolute Gasteiger partial charge is 0.367 e. The fourth-order valence-electron chi connectivity index (χ4n) is 2.41. The lowest BCUT2D eigenvalue weighted by atomic mass is 10.2. The van der Waals surface area contributed by atoms with Gasteiger partial charge >= 0.3 is 0 Å². The highest BCUT2D eigenvalue weighted by Crippen LogP contribution is 2.27. The van der Waals surface area contributed by atoms with Crippen molar-refractivity contribution in [2.45, 2.75) is 18.9 Å². The van der Waals surface area contributed by atoms with Crippen molar-refractivity contribution in [1.29, 1.82) is 0 Å². The molecule has 1 aliphatic rings. The molecule has 92 valence electrons. The third kappa shape index (κ3) is 2.55. The van der Waals surface area contributed by atoms with Crippen LogP contribution in [-0.4, -0.2) is 31.1 Å². The Morgan fingerprint density at radius 3 is 3.12 bits per heavy atom. The number of hydrogen-bond acceptors (Lipinski definition) is 4. The van der Waals surface area contributed by atoms with Gasteiger partial charge in [0.25, 0.3) is 5.69 Å². The summed E-state index contributed by atoms with van der Waals surface area (Å²) in [5.74, 6) is 0. The number of nitro groups is 1. The number of hydrogen-bond donors (Lipinski definition) is 1. The maximum absolute atomic E-state index is 10.7. The first-order valence-corrected chi connectivity index (χ1v) is 5.88. The maximum Gasteiger partial charge on any atom is 0.271 e. The van der Waals surface area contributed by atoms with E-state index in [-0.39, 0.29) is 10.6 Å². The first kappa shape index (κ1) is 11.9. The molecular formula is C12H17N3O2. The van der Waals surface area contributed by atoms with Crippen LogP contribution in [0.4, 0.5) is 11.4 Å². The van der Waals surface area contributed by atoms with E-state index in [1.54, 1.807) is 12.1 Å². The number of nitrogens with one attached hydrogen (secondary N) is 1. The molecule has 1 heterocycles. The molecule has 0 spiro atoms. The average molecular weight is 235 g/mol. The minimum Gasteiger partial charge on any atom is -0.367 e. The number of nitro benzene ring substituents is 1.